The van der Waals surface area contributed by atoms with Gasteiger partial charge in [-0.25, -0.2) is 95.1 Å². The third-order valence-electron chi connectivity index (χ3n) is 19.3. The van der Waals surface area contributed by atoms with E-state index in [1.807, 2.05) is 60.7 Å². The van der Waals surface area contributed by atoms with E-state index in [2.05, 4.69) is 4.18 Å². The van der Waals surface area contributed by atoms with E-state index < -0.39 is 212 Å². The SMILES string of the molecule is CS(=O)(=O)c1c(F)cc([S+](c2ccccc2)c2cc(F)c(S(C)(=O)=O)c(F)c2)cc1F.Cc1cc([S+](c2cccc(S(C)(=O)=O)c2)c2cccc(S(C)(=O)=O)c2)cc(C(F)(F)F)c1.Cc1cc([S+](c2ccccc2)c2ccccc2)cc(C)c1OS(=O)(=O)C(F)(F)F.Fc1ccc([S+](c2ccc(F)cc2F)c2ccc(F)cc2F)c(F)c1.Fc1ccc([S+](c2ccccc2)c2ccc(F)cc2F)c(F)c1. The van der Waals surface area contributed by atoms with Gasteiger partial charge in [0, 0.05) is 140 Å². The van der Waals surface area contributed by atoms with E-state index in [9.17, 15) is 130 Å². The normalized spacial score (nSPS) is 12.0. The second-order valence-corrected chi connectivity index (χ2v) is 49.5. The molecule has 730 valence electrons. The number of hydrogen-bond donors (Lipinski definition) is 0. The fourth-order valence-corrected chi connectivity index (χ4v) is 28.0. The number of benzene rings is 15. The van der Waals surface area contributed by atoms with Crippen molar-refractivity contribution in [2.24, 2.45) is 0 Å². The van der Waals surface area contributed by atoms with Crippen molar-refractivity contribution in [2.45, 2.75) is 125 Å². The lowest BCUT2D eigenvalue weighted by molar-refractivity contribution is -0.137. The van der Waals surface area contributed by atoms with Crippen molar-refractivity contribution in [3.8, 4) is 5.75 Å². The Balaban J connectivity index is 0.000000168. The van der Waals surface area contributed by atoms with Gasteiger partial charge >= 0.3 is 21.8 Å². The minimum absolute atomic E-state index is 0.0236. The van der Waals surface area contributed by atoms with Crippen molar-refractivity contribution < 1.29 is 134 Å². The third-order valence-corrected chi connectivity index (χ3v) is 35.9. The van der Waals surface area contributed by atoms with Crippen molar-refractivity contribution >= 4 is 104 Å². The lowest BCUT2D eigenvalue weighted by Crippen LogP contribution is -2.28. The maximum atomic E-state index is 14.5. The first-order valence-electron chi connectivity index (χ1n) is 40.0. The summed E-state index contributed by atoms with van der Waals surface area (Å²) in [6.07, 6.45) is -1.18. The molecule has 0 saturated carbocycles. The van der Waals surface area contributed by atoms with Crippen molar-refractivity contribution in [3.05, 3.63) is 419 Å². The Labute approximate surface area is 807 Å². The zero-order valence-electron chi connectivity index (χ0n) is 73.2. The Morgan fingerprint density at radius 3 is 0.764 bits per heavy atom. The van der Waals surface area contributed by atoms with Crippen LogP contribution >= 0.6 is 0 Å². The van der Waals surface area contributed by atoms with E-state index in [-0.39, 0.29) is 49.8 Å². The molecule has 0 aliphatic rings. The smallest absolute Gasteiger partial charge is 0.375 e. The molecule has 15 rings (SSSR count). The zero-order chi connectivity index (χ0) is 103. The van der Waals surface area contributed by atoms with E-state index >= 15 is 0 Å². The largest absolute Gasteiger partial charge is 0.534 e. The molecule has 0 saturated heterocycles. The topological polar surface area (TPSA) is 180 Å². The number of aryl methyl sites for hydroxylation is 3. The van der Waals surface area contributed by atoms with Gasteiger partial charge in [-0.3, -0.25) is 0 Å². The van der Waals surface area contributed by atoms with Crippen LogP contribution < -0.4 is 4.18 Å². The predicted molar refractivity (Wildman–Crippen MR) is 494 cm³/mol. The molecule has 15 aromatic rings. The van der Waals surface area contributed by atoms with Gasteiger partial charge in [0.2, 0.25) is 24.5 Å². The lowest BCUT2D eigenvalue weighted by Gasteiger charge is -2.15. The highest BCUT2D eigenvalue weighted by Crippen LogP contribution is 2.44. The number of alkyl halides is 6. The van der Waals surface area contributed by atoms with Crippen molar-refractivity contribution in [2.75, 3.05) is 25.0 Å². The predicted octanol–water partition coefficient (Wildman–Crippen LogP) is 25.6. The van der Waals surface area contributed by atoms with Crippen LogP contribution in [0.1, 0.15) is 22.3 Å². The molecule has 11 nitrogen and oxygen atoms in total. The van der Waals surface area contributed by atoms with Gasteiger partial charge in [0.1, 0.15) is 89.7 Å². The minimum atomic E-state index is -5.73. The third kappa shape index (κ3) is 27.3. The Morgan fingerprint density at radius 1 is 0.236 bits per heavy atom. The minimum Gasteiger partial charge on any atom is -0.375 e. The summed E-state index contributed by atoms with van der Waals surface area (Å²) in [6.45, 7) is 4.62. The van der Waals surface area contributed by atoms with Crippen LogP contribution in [0.5, 0.6) is 5.75 Å². The van der Waals surface area contributed by atoms with Gasteiger partial charge in [-0.15, -0.1) is 0 Å². The Morgan fingerprint density at radius 2 is 0.493 bits per heavy atom. The van der Waals surface area contributed by atoms with Gasteiger partial charge in [0.15, 0.2) is 117 Å². The fraction of sp³-hybridized carbons (Fsp3) is 0.0909. The summed E-state index contributed by atoms with van der Waals surface area (Å²) in [5, 5.41) is 0. The first kappa shape index (κ1) is 109. The van der Waals surface area contributed by atoms with E-state index in [0.29, 0.717) is 71.9 Å². The van der Waals surface area contributed by atoms with E-state index in [4.69, 9.17) is 0 Å². The van der Waals surface area contributed by atoms with Crippen molar-refractivity contribution in [3.63, 3.8) is 0 Å². The summed E-state index contributed by atoms with van der Waals surface area (Å²) >= 11 is 0. The molecule has 0 heterocycles. The van der Waals surface area contributed by atoms with Gasteiger partial charge in [0.25, 0.3) is 0 Å². The molecule has 15 aromatic carbocycles. The van der Waals surface area contributed by atoms with Crippen LogP contribution in [0, 0.1) is 102 Å². The molecule has 0 fully saturated rings. The lowest BCUT2D eigenvalue weighted by atomic mass is 10.1. The molecular formula is C99H73F20O11S10+5. The average Bonchev–Trinajstić information content (AvgIpc) is 0.794. The fourth-order valence-electron chi connectivity index (χ4n) is 13.4. The molecular weight excluding hydrogens is 2070 g/mol. The Hall–Kier alpha value is -11.8. The highest BCUT2D eigenvalue weighted by molar-refractivity contribution is 7.98. The average molecular weight is 2140 g/mol. The zero-order valence-corrected chi connectivity index (χ0v) is 81.3. The first-order valence-corrected chi connectivity index (χ1v) is 55.1. The summed E-state index contributed by atoms with van der Waals surface area (Å²) < 4.78 is 396. The van der Waals surface area contributed by atoms with Crippen LogP contribution in [0.3, 0.4) is 0 Å². The van der Waals surface area contributed by atoms with Crippen LogP contribution in [-0.2, 0) is 110 Å². The maximum Gasteiger partial charge on any atom is 0.534 e. The van der Waals surface area contributed by atoms with E-state index in [1.165, 1.54) is 62.4 Å². The number of sulfone groups is 4. The molecule has 0 N–H and O–H groups in total. The van der Waals surface area contributed by atoms with E-state index in [0.717, 1.165) is 124 Å². The highest BCUT2D eigenvalue weighted by atomic mass is 32.2. The van der Waals surface area contributed by atoms with Gasteiger partial charge < -0.3 is 4.18 Å². The highest BCUT2D eigenvalue weighted by Gasteiger charge is 2.50. The molecule has 0 spiro atoms. The van der Waals surface area contributed by atoms with Gasteiger partial charge in [-0.2, -0.15) is 34.8 Å². The summed E-state index contributed by atoms with van der Waals surface area (Å²) in [4.78, 5) is 2.59. The number of rotatable bonds is 21. The number of halogens is 20. The molecule has 140 heavy (non-hydrogen) atoms. The van der Waals surface area contributed by atoms with Crippen LogP contribution in [0.15, 0.2) is 408 Å². The van der Waals surface area contributed by atoms with Gasteiger partial charge in [-0.05, 0) is 153 Å². The van der Waals surface area contributed by atoms with Crippen LogP contribution in [0.25, 0.3) is 0 Å². The molecule has 0 radical (unpaired) electrons. The van der Waals surface area contributed by atoms with Crippen molar-refractivity contribution in [1.82, 2.24) is 0 Å². The maximum absolute atomic E-state index is 14.5. The standard InChI is InChI=1S/C22H20F3O4S3.C21H18F3O3S2.C20H15F4O4S3.C18H9F6S.C18H11F4S/c1-15-10-16(22(23,24)25)12-19(11-15)30(17-6-4-8-20(13-17)31(2,26)27)18-7-5-9-21(14-18)32(3,28)29;1-15-13-19(14-16(2)20(15)27-29(25,26)21(22,23)24)28(17-9-5-3-6-10-17)18-11-7-4-8-12-18;1-30(25,26)19-15(21)8-13(9-16(19)22)29(12-6-4-3-5-7-12)14-10-17(23)20(18(24)11-14)31(2,27)28;19-10-1-4-16(13(22)7-10)25(17-5-2-11(20)8-14(17)23)18-6-3-12(21)9-15(18)24;19-12-6-8-17(15(21)10-12)23(14-4-2-1-3-5-14)18-9-7-13(20)11-16(18)22/h4-14H,1-3H3;3-14H,1-2H3;3-11H,1-2H3;1-9H;1-11H/q5*+1. The van der Waals surface area contributed by atoms with E-state index in [1.54, 1.807) is 97.9 Å². The molecule has 41 heteroatoms. The second-order valence-electron chi connectivity index (χ2n) is 30.0. The number of hydrogen-bond acceptors (Lipinski definition) is 11. The molecule has 0 aromatic heterocycles. The summed E-state index contributed by atoms with van der Waals surface area (Å²) in [7, 11) is -27.3. The Bertz CT molecular complexity index is 7280. The molecule has 0 unspecified atom stereocenters. The monoisotopic (exact) mass is 2140 g/mol. The molecule has 0 aliphatic heterocycles. The second kappa shape index (κ2) is 45.0. The molecule has 0 aliphatic carbocycles. The van der Waals surface area contributed by atoms with Crippen LogP contribution in [0.4, 0.5) is 87.8 Å². The summed E-state index contributed by atoms with van der Waals surface area (Å²) in [5.41, 5.74) is -5.30. The first-order chi connectivity index (χ1) is 65.5. The quantitative estimate of drug-likeness (QED) is 0.0289. The van der Waals surface area contributed by atoms with Gasteiger partial charge in [-0.1, -0.05) is 84.9 Å². The molecule has 0 bridgehead atoms. The summed E-state index contributed by atoms with van der Waals surface area (Å²) in [5.74, 6) is -14.2. The van der Waals surface area contributed by atoms with Gasteiger partial charge in [0.05, 0.1) is 48.0 Å². The van der Waals surface area contributed by atoms with Crippen molar-refractivity contribution in [1.29, 1.82) is 0 Å². The molecule has 0 amide bonds. The summed E-state index contributed by atoms with van der Waals surface area (Å²) in [6, 6.07) is 72.4. The van der Waals surface area contributed by atoms with Crippen LogP contribution in [-0.4, -0.2) is 72.6 Å². The van der Waals surface area contributed by atoms with Crippen LogP contribution in [0.2, 0.25) is 0 Å². The Kier molecular flexibility index (Phi) is 34.9. The molecule has 0 atom stereocenters.